The maximum absolute atomic E-state index is 12.3. The summed E-state index contributed by atoms with van der Waals surface area (Å²) >= 11 is 0. The maximum atomic E-state index is 12.3. The van der Waals surface area contributed by atoms with Crippen molar-refractivity contribution in [3.05, 3.63) is 42.0 Å². The molecule has 1 aliphatic heterocycles. The molecule has 1 aromatic carbocycles. The number of ether oxygens (including phenoxy) is 1. The zero-order valence-electron chi connectivity index (χ0n) is 14.0. The zero-order chi connectivity index (χ0) is 16.9. The van der Waals surface area contributed by atoms with Gasteiger partial charge in [0.05, 0.1) is 7.11 Å². The van der Waals surface area contributed by atoms with E-state index in [2.05, 4.69) is 27.3 Å². The van der Waals surface area contributed by atoms with Gasteiger partial charge in [-0.15, -0.1) is 10.2 Å². The monoisotopic (exact) mass is 326 g/mol. The van der Waals surface area contributed by atoms with E-state index in [0.29, 0.717) is 17.1 Å². The van der Waals surface area contributed by atoms with E-state index in [4.69, 9.17) is 4.74 Å². The summed E-state index contributed by atoms with van der Waals surface area (Å²) < 4.78 is 5.13. The Bertz CT molecular complexity index is 694. The number of nitrogens with one attached hydrogen (secondary N) is 1. The standard InChI is InChI=1S/C18H22N4O2/c1-13-8-10-22(11-9-13)17-7-6-16(20-21-17)19-18(23)14-4-3-5-15(12-14)24-2/h3-7,12-13H,8-11H2,1-2H3,(H,19,20,23). The van der Waals surface area contributed by atoms with E-state index in [1.54, 1.807) is 37.4 Å². The second-order valence-electron chi connectivity index (χ2n) is 6.13. The average molecular weight is 326 g/mol. The Balaban J connectivity index is 1.64. The fourth-order valence-electron chi connectivity index (χ4n) is 2.75. The summed E-state index contributed by atoms with van der Waals surface area (Å²) in [5.74, 6) is 2.49. The summed E-state index contributed by atoms with van der Waals surface area (Å²) in [6.45, 7) is 4.29. The van der Waals surface area contributed by atoms with Gasteiger partial charge in [-0.1, -0.05) is 13.0 Å². The van der Waals surface area contributed by atoms with E-state index in [-0.39, 0.29) is 5.91 Å². The lowest BCUT2D eigenvalue weighted by Crippen LogP contribution is -2.33. The van der Waals surface area contributed by atoms with Gasteiger partial charge in [-0.3, -0.25) is 4.79 Å². The van der Waals surface area contributed by atoms with Gasteiger partial charge in [-0.25, -0.2) is 0 Å². The van der Waals surface area contributed by atoms with E-state index >= 15 is 0 Å². The van der Waals surface area contributed by atoms with Crippen LogP contribution in [0.25, 0.3) is 0 Å². The van der Waals surface area contributed by atoms with Crippen molar-refractivity contribution in [2.75, 3.05) is 30.4 Å². The van der Waals surface area contributed by atoms with Crippen LogP contribution in [0.1, 0.15) is 30.1 Å². The van der Waals surface area contributed by atoms with Crippen molar-refractivity contribution in [3.8, 4) is 5.75 Å². The van der Waals surface area contributed by atoms with Gasteiger partial charge >= 0.3 is 0 Å². The number of piperidine rings is 1. The quantitative estimate of drug-likeness (QED) is 0.935. The van der Waals surface area contributed by atoms with Gasteiger partial charge in [-0.05, 0) is 49.1 Å². The second-order valence-corrected chi connectivity index (χ2v) is 6.13. The minimum atomic E-state index is -0.234. The molecule has 0 radical (unpaired) electrons. The van der Waals surface area contributed by atoms with Crippen LogP contribution in [0, 0.1) is 5.92 Å². The fraction of sp³-hybridized carbons (Fsp3) is 0.389. The molecule has 3 rings (SSSR count). The molecule has 1 fully saturated rings. The third-order valence-electron chi connectivity index (χ3n) is 4.33. The van der Waals surface area contributed by atoms with Crippen molar-refractivity contribution in [2.45, 2.75) is 19.8 Å². The van der Waals surface area contributed by atoms with E-state index < -0.39 is 0 Å². The normalized spacial score (nSPS) is 15.2. The molecule has 0 atom stereocenters. The summed E-state index contributed by atoms with van der Waals surface area (Å²) in [7, 11) is 1.57. The lowest BCUT2D eigenvalue weighted by atomic mass is 9.99. The molecule has 0 unspecified atom stereocenters. The molecule has 1 amide bonds. The topological polar surface area (TPSA) is 67.3 Å². The molecule has 1 N–H and O–H groups in total. The largest absolute Gasteiger partial charge is 0.497 e. The Kier molecular flexibility index (Phi) is 4.93. The van der Waals surface area contributed by atoms with Crippen molar-refractivity contribution >= 4 is 17.5 Å². The van der Waals surface area contributed by atoms with Crippen molar-refractivity contribution < 1.29 is 9.53 Å². The molecule has 1 saturated heterocycles. The number of rotatable bonds is 4. The Morgan fingerprint density at radius 1 is 1.21 bits per heavy atom. The number of hydrogen-bond donors (Lipinski definition) is 1. The Morgan fingerprint density at radius 3 is 2.67 bits per heavy atom. The highest BCUT2D eigenvalue weighted by molar-refractivity contribution is 6.03. The molecule has 126 valence electrons. The molecule has 0 saturated carbocycles. The number of methoxy groups -OCH3 is 1. The molecule has 6 heteroatoms. The predicted octanol–water partition coefficient (Wildman–Crippen LogP) is 2.97. The first-order valence-corrected chi connectivity index (χ1v) is 8.20. The highest BCUT2D eigenvalue weighted by Crippen LogP contribution is 2.21. The van der Waals surface area contributed by atoms with Crippen LogP contribution < -0.4 is 15.0 Å². The zero-order valence-corrected chi connectivity index (χ0v) is 14.0. The smallest absolute Gasteiger partial charge is 0.256 e. The Hall–Kier alpha value is -2.63. The van der Waals surface area contributed by atoms with Crippen LogP contribution in [0.15, 0.2) is 36.4 Å². The molecule has 1 aromatic heterocycles. The number of hydrogen-bond acceptors (Lipinski definition) is 5. The summed E-state index contributed by atoms with van der Waals surface area (Å²) in [5, 5.41) is 11.1. The summed E-state index contributed by atoms with van der Waals surface area (Å²) in [6.07, 6.45) is 2.35. The van der Waals surface area contributed by atoms with Gasteiger partial charge < -0.3 is 15.0 Å². The van der Waals surface area contributed by atoms with Gasteiger partial charge in [0.2, 0.25) is 0 Å². The maximum Gasteiger partial charge on any atom is 0.256 e. The van der Waals surface area contributed by atoms with E-state index in [1.807, 2.05) is 6.07 Å². The number of carbonyl (C=O) groups excluding carboxylic acids is 1. The van der Waals surface area contributed by atoms with Crippen LogP contribution in [0.3, 0.4) is 0 Å². The lowest BCUT2D eigenvalue weighted by Gasteiger charge is -2.30. The first-order valence-electron chi connectivity index (χ1n) is 8.20. The summed E-state index contributed by atoms with van der Waals surface area (Å²) in [5.41, 5.74) is 0.519. The first kappa shape index (κ1) is 16.2. The van der Waals surface area contributed by atoms with Crippen LogP contribution in [0.4, 0.5) is 11.6 Å². The third kappa shape index (κ3) is 3.82. The van der Waals surface area contributed by atoms with E-state index in [1.165, 1.54) is 12.8 Å². The molecule has 0 bridgehead atoms. The van der Waals surface area contributed by atoms with Crippen LogP contribution >= 0.6 is 0 Å². The van der Waals surface area contributed by atoms with E-state index in [9.17, 15) is 4.79 Å². The SMILES string of the molecule is COc1cccc(C(=O)Nc2ccc(N3CCC(C)CC3)nn2)c1. The number of carbonyl (C=O) groups is 1. The predicted molar refractivity (Wildman–Crippen MR) is 93.6 cm³/mol. The van der Waals surface area contributed by atoms with Crippen LogP contribution in [0.5, 0.6) is 5.75 Å². The highest BCUT2D eigenvalue weighted by Gasteiger charge is 2.17. The summed E-state index contributed by atoms with van der Waals surface area (Å²) in [4.78, 5) is 14.5. The molecular weight excluding hydrogens is 304 g/mol. The number of nitrogens with zero attached hydrogens (tertiary/aromatic N) is 3. The fourth-order valence-corrected chi connectivity index (χ4v) is 2.75. The minimum Gasteiger partial charge on any atom is -0.497 e. The number of benzene rings is 1. The molecule has 0 spiro atoms. The molecule has 2 aromatic rings. The van der Waals surface area contributed by atoms with Crippen molar-refractivity contribution in [1.82, 2.24) is 10.2 Å². The number of anilines is 2. The Labute approximate surface area is 141 Å². The van der Waals surface area contributed by atoms with Gasteiger partial charge in [-0.2, -0.15) is 0 Å². The van der Waals surface area contributed by atoms with Crippen LogP contribution in [-0.4, -0.2) is 36.3 Å². The first-order chi connectivity index (χ1) is 11.7. The molecule has 2 heterocycles. The van der Waals surface area contributed by atoms with Gasteiger partial charge in [0.25, 0.3) is 5.91 Å². The third-order valence-corrected chi connectivity index (χ3v) is 4.33. The van der Waals surface area contributed by atoms with Crippen LogP contribution in [0.2, 0.25) is 0 Å². The molecule has 0 aliphatic carbocycles. The number of amides is 1. The molecule has 1 aliphatic rings. The Morgan fingerprint density at radius 2 is 2.00 bits per heavy atom. The van der Waals surface area contributed by atoms with Crippen molar-refractivity contribution in [2.24, 2.45) is 5.92 Å². The average Bonchev–Trinajstić information content (AvgIpc) is 2.63. The van der Waals surface area contributed by atoms with Crippen LogP contribution in [-0.2, 0) is 0 Å². The van der Waals surface area contributed by atoms with Gasteiger partial charge in [0.15, 0.2) is 11.6 Å². The molecule has 6 nitrogen and oxygen atoms in total. The minimum absolute atomic E-state index is 0.234. The van der Waals surface area contributed by atoms with Crippen molar-refractivity contribution in [1.29, 1.82) is 0 Å². The van der Waals surface area contributed by atoms with Crippen molar-refractivity contribution in [3.63, 3.8) is 0 Å². The highest BCUT2D eigenvalue weighted by atomic mass is 16.5. The van der Waals surface area contributed by atoms with Gasteiger partial charge in [0.1, 0.15) is 5.75 Å². The lowest BCUT2D eigenvalue weighted by molar-refractivity contribution is 0.102. The molecule has 24 heavy (non-hydrogen) atoms. The van der Waals surface area contributed by atoms with E-state index in [0.717, 1.165) is 24.8 Å². The number of aromatic nitrogens is 2. The molecular formula is C18H22N4O2. The second kappa shape index (κ2) is 7.29. The summed E-state index contributed by atoms with van der Waals surface area (Å²) in [6, 6.07) is 10.7. The van der Waals surface area contributed by atoms with Gasteiger partial charge in [0, 0.05) is 18.7 Å².